The van der Waals surface area contributed by atoms with Crippen molar-refractivity contribution < 1.29 is 5.11 Å². The van der Waals surface area contributed by atoms with Crippen molar-refractivity contribution in [3.05, 3.63) is 27.4 Å². The summed E-state index contributed by atoms with van der Waals surface area (Å²) in [6.45, 7) is 1.85. The van der Waals surface area contributed by atoms with E-state index in [1.54, 1.807) is 6.92 Å². The lowest BCUT2D eigenvalue weighted by Crippen LogP contribution is -2.25. The van der Waals surface area contributed by atoms with Crippen molar-refractivity contribution in [2.45, 2.75) is 32.1 Å². The highest BCUT2D eigenvalue weighted by molar-refractivity contribution is 5.24. The number of hydrogen-bond acceptors (Lipinski definition) is 3. The lowest BCUT2D eigenvalue weighted by atomic mass is 9.88. The predicted octanol–water partition coefficient (Wildman–Crippen LogP) is 0.491. The van der Waals surface area contributed by atoms with E-state index < -0.39 is 0 Å². The highest BCUT2D eigenvalue weighted by atomic mass is 16.3. The highest BCUT2D eigenvalue weighted by Gasteiger charge is 2.23. The minimum atomic E-state index is -0.0364. The summed E-state index contributed by atoms with van der Waals surface area (Å²) >= 11 is 0. The molecule has 1 heterocycles. The summed E-state index contributed by atoms with van der Waals surface area (Å²) < 4.78 is 0. The van der Waals surface area contributed by atoms with Gasteiger partial charge in [0.15, 0.2) is 0 Å². The first-order valence-corrected chi connectivity index (χ1v) is 4.93. The highest BCUT2D eigenvalue weighted by Crippen LogP contribution is 2.27. The lowest BCUT2D eigenvalue weighted by molar-refractivity contribution is 0.249. The van der Waals surface area contributed by atoms with E-state index in [2.05, 4.69) is 9.97 Å². The molecule has 0 fully saturated rings. The number of aryl methyl sites for hydroxylation is 1. The van der Waals surface area contributed by atoms with Crippen molar-refractivity contribution in [3.8, 4) is 0 Å². The van der Waals surface area contributed by atoms with Crippen LogP contribution in [0.15, 0.2) is 4.79 Å². The van der Waals surface area contributed by atoms with Crippen LogP contribution in [0.25, 0.3) is 0 Å². The Morgan fingerprint density at radius 1 is 1.64 bits per heavy atom. The third-order valence-electron chi connectivity index (χ3n) is 2.75. The molecule has 2 N–H and O–H groups in total. The fourth-order valence-electron chi connectivity index (χ4n) is 2.05. The van der Waals surface area contributed by atoms with E-state index in [0.29, 0.717) is 5.82 Å². The number of nitrogens with zero attached hydrogens (tertiary/aromatic N) is 1. The van der Waals surface area contributed by atoms with Crippen LogP contribution in [0.2, 0.25) is 0 Å². The van der Waals surface area contributed by atoms with Crippen molar-refractivity contribution in [2.24, 2.45) is 0 Å². The Kier molecular flexibility index (Phi) is 2.37. The summed E-state index contributed by atoms with van der Waals surface area (Å²) in [4.78, 5) is 18.6. The van der Waals surface area contributed by atoms with Crippen LogP contribution in [0.5, 0.6) is 0 Å². The van der Waals surface area contributed by atoms with Crippen LogP contribution in [0, 0.1) is 6.92 Å². The molecule has 1 aliphatic carbocycles. The Hall–Kier alpha value is -1.16. The zero-order valence-corrected chi connectivity index (χ0v) is 8.21. The number of aliphatic hydroxyl groups excluding tert-OH is 1. The molecule has 2 rings (SSSR count). The number of aromatic nitrogens is 2. The average Bonchev–Trinajstić information content (AvgIpc) is 2.17. The Morgan fingerprint density at radius 3 is 3.14 bits per heavy atom. The quantitative estimate of drug-likeness (QED) is 0.683. The van der Waals surface area contributed by atoms with E-state index in [1.807, 2.05) is 0 Å². The van der Waals surface area contributed by atoms with Crippen molar-refractivity contribution in [1.82, 2.24) is 9.97 Å². The summed E-state index contributed by atoms with van der Waals surface area (Å²) in [5, 5.41) is 9.17. The monoisotopic (exact) mass is 194 g/mol. The van der Waals surface area contributed by atoms with E-state index in [-0.39, 0.29) is 18.1 Å². The van der Waals surface area contributed by atoms with Crippen molar-refractivity contribution in [2.75, 3.05) is 6.61 Å². The van der Waals surface area contributed by atoms with Gasteiger partial charge in [0, 0.05) is 11.5 Å². The summed E-state index contributed by atoms with van der Waals surface area (Å²) in [7, 11) is 0. The molecular weight excluding hydrogens is 180 g/mol. The third-order valence-corrected chi connectivity index (χ3v) is 2.75. The average molecular weight is 194 g/mol. The molecular formula is C10H14N2O2. The fraction of sp³-hybridized carbons (Fsp3) is 0.600. The Morgan fingerprint density at radius 2 is 2.43 bits per heavy atom. The van der Waals surface area contributed by atoms with Gasteiger partial charge in [0.25, 0.3) is 5.56 Å². The first-order chi connectivity index (χ1) is 6.72. The van der Waals surface area contributed by atoms with Gasteiger partial charge >= 0.3 is 0 Å². The maximum absolute atomic E-state index is 11.6. The van der Waals surface area contributed by atoms with Crippen molar-refractivity contribution >= 4 is 0 Å². The van der Waals surface area contributed by atoms with E-state index in [0.717, 1.165) is 30.5 Å². The molecule has 0 saturated carbocycles. The van der Waals surface area contributed by atoms with E-state index in [4.69, 9.17) is 5.11 Å². The van der Waals surface area contributed by atoms with Gasteiger partial charge in [-0.3, -0.25) is 4.79 Å². The number of nitrogens with one attached hydrogen (secondary N) is 1. The van der Waals surface area contributed by atoms with Crippen molar-refractivity contribution in [1.29, 1.82) is 0 Å². The molecule has 4 nitrogen and oxygen atoms in total. The summed E-state index contributed by atoms with van der Waals surface area (Å²) in [5.74, 6) is 0.689. The second kappa shape index (κ2) is 3.53. The van der Waals surface area contributed by atoms with Crippen LogP contribution >= 0.6 is 0 Å². The largest absolute Gasteiger partial charge is 0.396 e. The molecule has 0 aromatic carbocycles. The van der Waals surface area contributed by atoms with Crippen LogP contribution < -0.4 is 5.56 Å². The molecule has 1 aromatic rings. The molecule has 4 heteroatoms. The molecule has 0 aliphatic heterocycles. The normalized spacial score (nSPS) is 20.6. The first-order valence-electron chi connectivity index (χ1n) is 4.93. The summed E-state index contributed by atoms with van der Waals surface area (Å²) in [6.07, 6.45) is 2.68. The van der Waals surface area contributed by atoms with Gasteiger partial charge in [-0.1, -0.05) is 0 Å². The van der Waals surface area contributed by atoms with Crippen LogP contribution in [0.4, 0.5) is 0 Å². The van der Waals surface area contributed by atoms with E-state index in [1.165, 1.54) is 0 Å². The van der Waals surface area contributed by atoms with Gasteiger partial charge in [-0.25, -0.2) is 4.98 Å². The van der Waals surface area contributed by atoms with E-state index >= 15 is 0 Å². The maximum Gasteiger partial charge on any atom is 0.254 e. The van der Waals surface area contributed by atoms with Gasteiger partial charge in [-0.15, -0.1) is 0 Å². The molecule has 0 spiro atoms. The molecule has 0 bridgehead atoms. The number of H-pyrrole nitrogens is 1. The van der Waals surface area contributed by atoms with Gasteiger partial charge in [0.2, 0.25) is 0 Å². The summed E-state index contributed by atoms with van der Waals surface area (Å²) in [6, 6.07) is 0. The predicted molar refractivity (Wildman–Crippen MR) is 52.4 cm³/mol. The van der Waals surface area contributed by atoms with Gasteiger partial charge in [0.1, 0.15) is 5.82 Å². The minimum Gasteiger partial charge on any atom is -0.396 e. The molecule has 1 aliphatic rings. The zero-order chi connectivity index (χ0) is 10.1. The number of aliphatic hydroxyl groups is 1. The number of aromatic amines is 1. The molecule has 0 saturated heterocycles. The topological polar surface area (TPSA) is 66.0 Å². The van der Waals surface area contributed by atoms with Crippen LogP contribution in [-0.4, -0.2) is 21.7 Å². The Labute approximate surface area is 82.0 Å². The lowest BCUT2D eigenvalue weighted by Gasteiger charge is -2.21. The Bertz CT molecular complexity index is 398. The second-order valence-electron chi connectivity index (χ2n) is 3.79. The molecule has 1 unspecified atom stereocenters. The molecule has 1 atom stereocenters. The van der Waals surface area contributed by atoms with Crippen LogP contribution in [0.3, 0.4) is 0 Å². The number of hydrogen-bond donors (Lipinski definition) is 2. The second-order valence-corrected chi connectivity index (χ2v) is 3.79. The number of fused-ring (bicyclic) bond motifs is 1. The van der Waals surface area contributed by atoms with Gasteiger partial charge in [-0.05, 0) is 26.2 Å². The van der Waals surface area contributed by atoms with Gasteiger partial charge < -0.3 is 10.1 Å². The maximum atomic E-state index is 11.6. The summed E-state index contributed by atoms with van der Waals surface area (Å²) in [5.41, 5.74) is 1.53. The molecule has 0 amide bonds. The third kappa shape index (κ3) is 1.46. The molecule has 14 heavy (non-hydrogen) atoms. The Balaban J connectivity index is 2.56. The fourth-order valence-corrected chi connectivity index (χ4v) is 2.05. The standard InChI is InChI=1S/C10H14N2O2/c1-6-11-9-7(5-13)3-2-4-8(9)10(14)12-6/h7,13H,2-5H2,1H3,(H,11,12,14). The molecule has 76 valence electrons. The molecule has 1 aromatic heterocycles. The SMILES string of the molecule is Cc1nc2c(c(=O)[nH]1)CCCC2CO. The van der Waals surface area contributed by atoms with Crippen LogP contribution in [-0.2, 0) is 6.42 Å². The molecule has 0 radical (unpaired) electrons. The van der Waals surface area contributed by atoms with Gasteiger partial charge in [0.05, 0.1) is 12.3 Å². The van der Waals surface area contributed by atoms with Crippen molar-refractivity contribution in [3.63, 3.8) is 0 Å². The van der Waals surface area contributed by atoms with E-state index in [9.17, 15) is 4.79 Å². The minimum absolute atomic E-state index is 0.0364. The first kappa shape index (κ1) is 9.40. The van der Waals surface area contributed by atoms with Crippen LogP contribution in [0.1, 0.15) is 35.8 Å². The number of rotatable bonds is 1. The zero-order valence-electron chi connectivity index (χ0n) is 8.21. The smallest absolute Gasteiger partial charge is 0.254 e. The van der Waals surface area contributed by atoms with Gasteiger partial charge in [-0.2, -0.15) is 0 Å².